The Bertz CT molecular complexity index is 1560. The Morgan fingerprint density at radius 2 is 1.08 bits per heavy atom. The fourth-order valence-corrected chi connectivity index (χ4v) is 7.02. The minimum absolute atomic E-state index is 0.000539. The van der Waals surface area contributed by atoms with E-state index >= 15 is 0 Å². The summed E-state index contributed by atoms with van der Waals surface area (Å²) in [6, 6.07) is -1.43. The molecule has 0 aliphatic rings. The lowest BCUT2D eigenvalue weighted by molar-refractivity contribution is -0.145. The second-order valence-corrected chi connectivity index (χ2v) is 17.7. The number of hydrogen-bond acceptors (Lipinski definition) is 17. The van der Waals surface area contributed by atoms with Crippen molar-refractivity contribution in [2.24, 2.45) is 17.6 Å². The molecule has 0 saturated carbocycles. The van der Waals surface area contributed by atoms with Crippen molar-refractivity contribution in [3.05, 3.63) is 0 Å². The van der Waals surface area contributed by atoms with Gasteiger partial charge in [0, 0.05) is 70.0 Å². The molecule has 0 aromatic heterocycles. The quantitative estimate of drug-likeness (QED) is 0.0389. The number of rotatable bonds is 47. The van der Waals surface area contributed by atoms with E-state index in [-0.39, 0.29) is 164 Å². The third-order valence-electron chi connectivity index (χ3n) is 10.3. The lowest BCUT2D eigenvalue weighted by Gasteiger charge is -2.15. The molecule has 0 aliphatic carbocycles. The SMILES string of the molecule is CC(=O)[C@H](C)N.CC[C@@H](CSCC(=O)NCCNC(=O)COCCOCCNC(=O)COCCOCCCC(=O)CC[C@H](NC(=O)CCCCCCCCCCC(=O)O)C(=O)O)C(=O)C[C@@H](CO)C(=O)O. The second-order valence-electron chi connectivity index (χ2n) is 16.6. The Kier molecular flexibility index (Phi) is 44.8. The average molecular weight is 1040 g/mol. The van der Waals surface area contributed by atoms with Gasteiger partial charge in [0.2, 0.25) is 23.6 Å². The van der Waals surface area contributed by atoms with Crippen LogP contribution in [0.25, 0.3) is 0 Å². The Labute approximate surface area is 421 Å². The van der Waals surface area contributed by atoms with E-state index < -0.39 is 42.4 Å². The van der Waals surface area contributed by atoms with E-state index in [9.17, 15) is 53.1 Å². The predicted octanol–water partition coefficient (Wildman–Crippen LogP) is 1.42. The van der Waals surface area contributed by atoms with Crippen LogP contribution in [0.4, 0.5) is 0 Å². The van der Waals surface area contributed by atoms with Crippen LogP contribution in [0.5, 0.6) is 0 Å². The predicted molar refractivity (Wildman–Crippen MR) is 262 cm³/mol. The minimum atomic E-state index is -1.23. The number of unbranched alkanes of at least 4 members (excludes halogenated alkanes) is 7. The van der Waals surface area contributed by atoms with Crippen molar-refractivity contribution in [2.75, 3.05) is 90.6 Å². The van der Waals surface area contributed by atoms with Crippen LogP contribution >= 0.6 is 11.8 Å². The summed E-state index contributed by atoms with van der Waals surface area (Å²) in [6.07, 6.45) is 8.27. The summed E-state index contributed by atoms with van der Waals surface area (Å²) in [5, 5.41) is 46.7. The zero-order chi connectivity index (χ0) is 53.7. The van der Waals surface area contributed by atoms with Crippen LogP contribution in [0.15, 0.2) is 0 Å². The Morgan fingerprint density at radius 1 is 0.577 bits per heavy atom. The first-order chi connectivity index (χ1) is 33.8. The van der Waals surface area contributed by atoms with E-state index in [0.717, 1.165) is 38.5 Å². The highest BCUT2D eigenvalue weighted by atomic mass is 32.2. The highest BCUT2D eigenvalue weighted by Gasteiger charge is 2.25. The number of thioether (sulfide) groups is 1. The van der Waals surface area contributed by atoms with Crippen LogP contribution in [0.3, 0.4) is 0 Å². The minimum Gasteiger partial charge on any atom is -0.481 e. The van der Waals surface area contributed by atoms with Gasteiger partial charge >= 0.3 is 17.9 Å². The van der Waals surface area contributed by atoms with Gasteiger partial charge in [0.05, 0.1) is 57.4 Å². The molecule has 0 bridgehead atoms. The van der Waals surface area contributed by atoms with Crippen LogP contribution in [0.2, 0.25) is 0 Å². The molecule has 0 rings (SSSR count). The average Bonchev–Trinajstić information content (AvgIpc) is 3.31. The maximum absolute atomic E-state index is 12.3. The van der Waals surface area contributed by atoms with Crippen molar-refractivity contribution >= 4 is 70.6 Å². The molecule has 0 unspecified atom stereocenters. The van der Waals surface area contributed by atoms with Gasteiger partial charge in [-0.2, -0.15) is 11.8 Å². The highest BCUT2D eigenvalue weighted by Crippen LogP contribution is 2.18. The van der Waals surface area contributed by atoms with E-state index in [2.05, 4.69) is 21.3 Å². The zero-order valence-electron chi connectivity index (χ0n) is 42.0. The normalized spacial score (nSPS) is 12.5. The molecule has 10 N–H and O–H groups in total. The second kappa shape index (κ2) is 46.5. The molecule has 0 saturated heterocycles. The number of ether oxygens (including phenoxy) is 4. The van der Waals surface area contributed by atoms with Gasteiger partial charge < -0.3 is 66.4 Å². The Balaban J connectivity index is 0. The summed E-state index contributed by atoms with van der Waals surface area (Å²) in [7, 11) is 0. The molecule has 0 aromatic carbocycles. The van der Waals surface area contributed by atoms with Crippen LogP contribution in [0.1, 0.15) is 124 Å². The number of nitrogens with one attached hydrogen (secondary N) is 4. The summed E-state index contributed by atoms with van der Waals surface area (Å²) in [5.41, 5.74) is 5.09. The van der Waals surface area contributed by atoms with E-state index in [1.807, 2.05) is 0 Å². The molecule has 0 spiro atoms. The van der Waals surface area contributed by atoms with Gasteiger partial charge in [-0.05, 0) is 46.0 Å². The molecule has 24 heteroatoms. The largest absolute Gasteiger partial charge is 0.481 e. The summed E-state index contributed by atoms with van der Waals surface area (Å²) in [5.74, 6) is -6.06. The molecule has 0 fully saturated rings. The molecule has 23 nitrogen and oxygen atoms in total. The molecule has 4 atom stereocenters. The van der Waals surface area contributed by atoms with Gasteiger partial charge in [0.1, 0.15) is 36.6 Å². The number of ketones is 3. The van der Waals surface area contributed by atoms with Gasteiger partial charge in [-0.1, -0.05) is 45.4 Å². The molecular formula is C47H83N5O18S. The van der Waals surface area contributed by atoms with Crippen LogP contribution in [0, 0.1) is 11.8 Å². The number of nitrogens with two attached hydrogens (primary N) is 1. The third kappa shape index (κ3) is 45.0. The third-order valence-corrected chi connectivity index (χ3v) is 11.4. The monoisotopic (exact) mass is 1040 g/mol. The number of carbonyl (C=O) groups is 10. The standard InChI is InChI=1S/C43H74N4O17S.C4H9NO/c1-2-32(36(50)26-33(27-48)42(57)58)30-65-31-40(54)45-18-17-44-38(52)28-64-25-23-62-21-19-46-39(53)29-63-24-22-61-20-11-12-34(49)15-16-35(43(59)60)47-37(51)13-9-7-5-3-4-6-8-10-14-41(55)56;1-3(5)4(2)6/h32-33,35,48H,2-31H2,1H3,(H,44,52)(H,45,54)(H,46,53)(H,47,51)(H,55,56)(H,57,58)(H,59,60);3H,5H2,1-2H3/t32-,33-,35-;3-/m00/s1. The molecule has 410 valence electrons. The molecule has 71 heavy (non-hydrogen) atoms. The van der Waals surface area contributed by atoms with Gasteiger partial charge in [-0.25, -0.2) is 4.79 Å². The number of carboxylic acids is 3. The van der Waals surface area contributed by atoms with Crippen molar-refractivity contribution in [3.63, 3.8) is 0 Å². The fraction of sp³-hybridized carbons (Fsp3) is 0.787. The zero-order valence-corrected chi connectivity index (χ0v) is 42.8. The van der Waals surface area contributed by atoms with Gasteiger partial charge in [-0.15, -0.1) is 0 Å². The Hall–Kier alpha value is -4.59. The summed E-state index contributed by atoms with van der Waals surface area (Å²) < 4.78 is 21.3. The topological polar surface area (TPSA) is 363 Å². The van der Waals surface area contributed by atoms with Gasteiger partial charge in [0.15, 0.2) is 0 Å². The molecule has 0 aromatic rings. The first-order valence-corrected chi connectivity index (χ1v) is 25.6. The Morgan fingerprint density at radius 3 is 1.59 bits per heavy atom. The number of aliphatic hydroxyl groups excluding tert-OH is 1. The number of amides is 4. The van der Waals surface area contributed by atoms with E-state index in [1.54, 1.807) is 13.8 Å². The maximum Gasteiger partial charge on any atom is 0.326 e. The van der Waals surface area contributed by atoms with E-state index in [4.69, 9.17) is 40.0 Å². The van der Waals surface area contributed by atoms with E-state index in [1.165, 1.54) is 18.7 Å². The van der Waals surface area contributed by atoms with Crippen molar-refractivity contribution in [1.29, 1.82) is 0 Å². The smallest absolute Gasteiger partial charge is 0.326 e. The number of aliphatic carboxylic acids is 3. The van der Waals surface area contributed by atoms with Gasteiger partial charge in [0.25, 0.3) is 0 Å². The first kappa shape index (κ1) is 68.5. The maximum atomic E-state index is 12.3. The van der Waals surface area contributed by atoms with Crippen molar-refractivity contribution in [1.82, 2.24) is 21.3 Å². The molecule has 4 amide bonds. The van der Waals surface area contributed by atoms with Gasteiger partial charge in [-0.3, -0.25) is 43.2 Å². The summed E-state index contributed by atoms with van der Waals surface area (Å²) >= 11 is 1.24. The highest BCUT2D eigenvalue weighted by molar-refractivity contribution is 7.99. The molecule has 0 radical (unpaired) electrons. The van der Waals surface area contributed by atoms with Crippen LogP contribution < -0.4 is 27.0 Å². The van der Waals surface area contributed by atoms with Crippen LogP contribution in [-0.4, -0.2) is 182 Å². The van der Waals surface area contributed by atoms with E-state index in [0.29, 0.717) is 31.4 Å². The first-order valence-electron chi connectivity index (χ1n) is 24.4. The molecule has 0 heterocycles. The number of aliphatic hydroxyl groups is 1. The lowest BCUT2D eigenvalue weighted by Crippen LogP contribution is -2.41. The van der Waals surface area contributed by atoms with Crippen molar-refractivity contribution in [3.8, 4) is 0 Å². The lowest BCUT2D eigenvalue weighted by atomic mass is 9.94. The van der Waals surface area contributed by atoms with Crippen LogP contribution in [-0.2, 0) is 66.9 Å². The summed E-state index contributed by atoms with van der Waals surface area (Å²) in [6.45, 7) is 5.70. The number of carbonyl (C=O) groups excluding carboxylic acids is 7. The number of hydrogen-bond donors (Lipinski definition) is 9. The number of carboxylic acid groups (broad SMARTS) is 3. The molecule has 0 aliphatic heterocycles. The van der Waals surface area contributed by atoms with Crippen molar-refractivity contribution in [2.45, 2.75) is 136 Å². The van der Waals surface area contributed by atoms with Crippen molar-refractivity contribution < 1.29 is 87.3 Å². The fourth-order valence-electron chi connectivity index (χ4n) is 5.91. The number of Topliss-reactive ketones (excluding diaryl/α,β-unsaturated/α-hetero) is 3. The summed E-state index contributed by atoms with van der Waals surface area (Å²) in [4.78, 5) is 116. The molecular weight excluding hydrogens is 955 g/mol.